The first-order valence-corrected chi connectivity index (χ1v) is 9.29. The highest BCUT2D eigenvalue weighted by atomic mass is 32.2. The van der Waals surface area contributed by atoms with E-state index in [1.54, 1.807) is 11.4 Å². The van der Waals surface area contributed by atoms with Crippen LogP contribution in [0.25, 0.3) is 0 Å². The zero-order chi connectivity index (χ0) is 14.6. The van der Waals surface area contributed by atoms with Crippen molar-refractivity contribution in [2.24, 2.45) is 5.73 Å². The normalized spacial score (nSPS) is 25.6. The first kappa shape index (κ1) is 16.2. The summed E-state index contributed by atoms with van der Waals surface area (Å²) in [7, 11) is -1.54. The van der Waals surface area contributed by atoms with Crippen molar-refractivity contribution in [3.63, 3.8) is 0 Å². The maximum Gasteiger partial charge on any atom is 0.217 e. The molecule has 1 aliphatic carbocycles. The van der Waals surface area contributed by atoms with E-state index in [1.807, 2.05) is 0 Å². The minimum atomic E-state index is -3.28. The first-order valence-electron chi connectivity index (χ1n) is 7.79. The molecule has 0 aromatic carbocycles. The second kappa shape index (κ2) is 6.73. The van der Waals surface area contributed by atoms with Crippen LogP contribution in [0.3, 0.4) is 0 Å². The van der Waals surface area contributed by atoms with Crippen LogP contribution < -0.4 is 5.73 Å². The molecule has 2 rings (SSSR count). The molecule has 1 aliphatic heterocycles. The molecule has 2 aliphatic rings. The Morgan fingerprint density at radius 3 is 2.20 bits per heavy atom. The van der Waals surface area contributed by atoms with E-state index in [-0.39, 0.29) is 10.8 Å². The third kappa shape index (κ3) is 3.18. The van der Waals surface area contributed by atoms with Crippen LogP contribution in [0.1, 0.15) is 51.4 Å². The highest BCUT2D eigenvalue weighted by molar-refractivity contribution is 7.89. The lowest BCUT2D eigenvalue weighted by molar-refractivity contribution is 0.0954. The van der Waals surface area contributed by atoms with Crippen molar-refractivity contribution < 1.29 is 13.2 Å². The lowest BCUT2D eigenvalue weighted by Crippen LogP contribution is -2.56. The molecule has 0 spiro atoms. The summed E-state index contributed by atoms with van der Waals surface area (Å²) in [5.41, 5.74) is 5.64. The van der Waals surface area contributed by atoms with E-state index < -0.39 is 10.0 Å². The van der Waals surface area contributed by atoms with Crippen LogP contribution in [0.2, 0.25) is 0 Å². The van der Waals surface area contributed by atoms with Gasteiger partial charge in [0.1, 0.15) is 0 Å². The van der Waals surface area contributed by atoms with Crippen molar-refractivity contribution >= 4 is 10.0 Å². The molecule has 0 aromatic heterocycles. The molecule has 6 heteroatoms. The number of nitrogens with zero attached hydrogens (tertiary/aromatic N) is 1. The largest absolute Gasteiger partial charge is 0.381 e. The number of sulfonamides is 1. The summed E-state index contributed by atoms with van der Waals surface area (Å²) in [5, 5.41) is -0.298. The van der Waals surface area contributed by atoms with Crippen molar-refractivity contribution in [3.05, 3.63) is 0 Å². The molecule has 1 saturated carbocycles. The number of hydrogen-bond acceptors (Lipinski definition) is 4. The van der Waals surface area contributed by atoms with Crippen LogP contribution in [0.5, 0.6) is 0 Å². The topological polar surface area (TPSA) is 72.6 Å². The molecule has 118 valence electrons. The molecular formula is C14H28N2O3S. The summed E-state index contributed by atoms with van der Waals surface area (Å²) >= 11 is 0. The molecule has 0 atom stereocenters. The average Bonchev–Trinajstić information content (AvgIpc) is 2.73. The standard InChI is InChI=1S/C14H28N2O3S/c1-16(14(12-15)8-4-2-3-5-9-14)20(17,18)13-6-10-19-11-7-13/h13H,2-12,15H2,1H3. The molecule has 1 heterocycles. The van der Waals surface area contributed by atoms with Gasteiger partial charge in [0, 0.05) is 32.3 Å². The lowest BCUT2D eigenvalue weighted by atomic mass is 9.90. The third-order valence-electron chi connectivity index (χ3n) is 5.05. The predicted molar refractivity (Wildman–Crippen MR) is 80.0 cm³/mol. The fourth-order valence-corrected chi connectivity index (χ4v) is 5.53. The van der Waals surface area contributed by atoms with Crippen LogP contribution >= 0.6 is 0 Å². The second-order valence-electron chi connectivity index (χ2n) is 6.17. The maximum atomic E-state index is 12.9. The Bertz CT molecular complexity index is 397. The first-order chi connectivity index (χ1) is 9.53. The molecule has 1 saturated heterocycles. The van der Waals surface area contributed by atoms with Gasteiger partial charge in [0.2, 0.25) is 10.0 Å². The van der Waals surface area contributed by atoms with Crippen molar-refractivity contribution in [1.82, 2.24) is 4.31 Å². The Morgan fingerprint density at radius 2 is 1.70 bits per heavy atom. The van der Waals surface area contributed by atoms with E-state index in [0.29, 0.717) is 32.6 Å². The molecule has 2 N–H and O–H groups in total. The molecule has 20 heavy (non-hydrogen) atoms. The quantitative estimate of drug-likeness (QED) is 0.799. The third-order valence-corrected chi connectivity index (χ3v) is 7.52. The molecule has 0 aromatic rings. The van der Waals surface area contributed by atoms with Gasteiger partial charge in [0.15, 0.2) is 0 Å². The van der Waals surface area contributed by atoms with Crippen molar-refractivity contribution in [2.45, 2.75) is 62.2 Å². The van der Waals surface area contributed by atoms with E-state index in [1.165, 1.54) is 12.8 Å². The molecule has 2 fully saturated rings. The van der Waals surface area contributed by atoms with Gasteiger partial charge in [-0.25, -0.2) is 8.42 Å². The number of nitrogens with two attached hydrogens (primary N) is 1. The van der Waals surface area contributed by atoms with Gasteiger partial charge in [-0.2, -0.15) is 4.31 Å². The predicted octanol–water partition coefficient (Wildman–Crippen LogP) is 1.48. The van der Waals surface area contributed by atoms with Gasteiger partial charge in [-0.05, 0) is 25.7 Å². The SMILES string of the molecule is CN(C1(CN)CCCCCC1)S(=O)(=O)C1CCOCC1. The van der Waals surface area contributed by atoms with Gasteiger partial charge < -0.3 is 10.5 Å². The highest BCUT2D eigenvalue weighted by Crippen LogP contribution is 2.34. The molecule has 0 amide bonds. The molecule has 0 radical (unpaired) electrons. The maximum absolute atomic E-state index is 12.9. The van der Waals surface area contributed by atoms with Gasteiger partial charge in [-0.15, -0.1) is 0 Å². The molecule has 0 bridgehead atoms. The second-order valence-corrected chi connectivity index (χ2v) is 8.41. The number of hydrogen-bond donors (Lipinski definition) is 1. The summed E-state index contributed by atoms with van der Waals surface area (Å²) in [6.07, 6.45) is 7.51. The number of likely N-dealkylation sites (N-methyl/N-ethyl adjacent to an activating group) is 1. The zero-order valence-corrected chi connectivity index (χ0v) is 13.3. The van der Waals surface area contributed by atoms with E-state index in [2.05, 4.69) is 0 Å². The van der Waals surface area contributed by atoms with Gasteiger partial charge in [-0.1, -0.05) is 25.7 Å². The van der Waals surface area contributed by atoms with E-state index in [0.717, 1.165) is 25.7 Å². The fourth-order valence-electron chi connectivity index (χ4n) is 3.50. The molecular weight excluding hydrogens is 276 g/mol. The minimum absolute atomic E-state index is 0.298. The Morgan fingerprint density at radius 1 is 1.15 bits per heavy atom. The summed E-state index contributed by atoms with van der Waals surface area (Å²) < 4.78 is 32.7. The lowest BCUT2D eigenvalue weighted by Gasteiger charge is -2.42. The number of ether oxygens (including phenoxy) is 1. The van der Waals surface area contributed by atoms with Crippen LogP contribution in [0.4, 0.5) is 0 Å². The minimum Gasteiger partial charge on any atom is -0.381 e. The summed E-state index contributed by atoms with van der Waals surface area (Å²) in [5.74, 6) is 0. The highest BCUT2D eigenvalue weighted by Gasteiger charge is 2.43. The van der Waals surface area contributed by atoms with Crippen molar-refractivity contribution in [3.8, 4) is 0 Å². The number of rotatable bonds is 4. The summed E-state index contributed by atoms with van der Waals surface area (Å²) in [6, 6.07) is 0. The van der Waals surface area contributed by atoms with Gasteiger partial charge in [0.25, 0.3) is 0 Å². The fraction of sp³-hybridized carbons (Fsp3) is 1.00. The average molecular weight is 304 g/mol. The van der Waals surface area contributed by atoms with Gasteiger partial charge >= 0.3 is 0 Å². The van der Waals surface area contributed by atoms with E-state index in [9.17, 15) is 8.42 Å². The van der Waals surface area contributed by atoms with Gasteiger partial charge in [0.05, 0.1) is 5.25 Å². The van der Waals surface area contributed by atoms with Crippen LogP contribution in [-0.4, -0.2) is 50.3 Å². The van der Waals surface area contributed by atoms with E-state index >= 15 is 0 Å². The van der Waals surface area contributed by atoms with Crippen LogP contribution in [0.15, 0.2) is 0 Å². The van der Waals surface area contributed by atoms with Crippen molar-refractivity contribution in [1.29, 1.82) is 0 Å². The zero-order valence-electron chi connectivity index (χ0n) is 12.5. The Kier molecular flexibility index (Phi) is 5.45. The van der Waals surface area contributed by atoms with Crippen molar-refractivity contribution in [2.75, 3.05) is 26.8 Å². The smallest absolute Gasteiger partial charge is 0.217 e. The Balaban J connectivity index is 2.19. The summed E-state index contributed by atoms with van der Waals surface area (Å²) in [4.78, 5) is 0. The summed E-state index contributed by atoms with van der Waals surface area (Å²) in [6.45, 7) is 1.52. The van der Waals surface area contributed by atoms with E-state index in [4.69, 9.17) is 10.5 Å². The molecule has 0 unspecified atom stereocenters. The van der Waals surface area contributed by atoms with Gasteiger partial charge in [-0.3, -0.25) is 0 Å². The van der Waals surface area contributed by atoms with Crippen LogP contribution in [-0.2, 0) is 14.8 Å². The Labute approximate surface area is 122 Å². The monoisotopic (exact) mass is 304 g/mol. The molecule has 5 nitrogen and oxygen atoms in total. The van der Waals surface area contributed by atoms with Crippen LogP contribution in [0, 0.1) is 0 Å². The Hall–Kier alpha value is -0.170.